The van der Waals surface area contributed by atoms with E-state index in [0.29, 0.717) is 13.0 Å². The highest BCUT2D eigenvalue weighted by atomic mass is 35.5. The first-order valence-corrected chi connectivity index (χ1v) is 6.04. The number of thiophene rings is 1. The molecule has 2 N–H and O–H groups in total. The molecule has 80 valence electrons. The zero-order chi connectivity index (χ0) is 10.4. The number of aliphatic hydroxyl groups excluding tert-OH is 1. The Balaban J connectivity index is 2.23. The van der Waals surface area contributed by atoms with E-state index in [1.165, 1.54) is 11.3 Å². The van der Waals surface area contributed by atoms with Crippen molar-refractivity contribution in [2.75, 3.05) is 13.1 Å². The molecule has 0 radical (unpaired) electrons. The van der Waals surface area contributed by atoms with Crippen LogP contribution in [0.2, 0.25) is 4.34 Å². The summed E-state index contributed by atoms with van der Waals surface area (Å²) in [5.74, 6) is 0. The second kappa shape index (κ2) is 6.40. The Morgan fingerprint density at radius 1 is 1.57 bits per heavy atom. The third-order valence-electron chi connectivity index (χ3n) is 1.87. The third-order valence-corrected chi connectivity index (χ3v) is 3.13. The second-order valence-corrected chi connectivity index (χ2v) is 5.07. The molecule has 4 heteroatoms. The summed E-state index contributed by atoms with van der Waals surface area (Å²) in [6, 6.07) is 3.84. The number of hydrogen-bond donors (Lipinski definition) is 2. The van der Waals surface area contributed by atoms with E-state index in [1.54, 1.807) is 0 Å². The van der Waals surface area contributed by atoms with Gasteiger partial charge in [0, 0.05) is 17.8 Å². The van der Waals surface area contributed by atoms with Gasteiger partial charge < -0.3 is 10.4 Å². The zero-order valence-corrected chi connectivity index (χ0v) is 9.87. The molecule has 14 heavy (non-hydrogen) atoms. The van der Waals surface area contributed by atoms with Gasteiger partial charge in [-0.2, -0.15) is 0 Å². The van der Waals surface area contributed by atoms with Crippen molar-refractivity contribution in [3.8, 4) is 0 Å². The molecule has 0 saturated heterocycles. The summed E-state index contributed by atoms with van der Waals surface area (Å²) in [5.41, 5.74) is 0. The van der Waals surface area contributed by atoms with Crippen LogP contribution in [0.25, 0.3) is 0 Å². The minimum atomic E-state index is -0.309. The summed E-state index contributed by atoms with van der Waals surface area (Å²) in [6.07, 6.45) is 1.47. The number of aliphatic hydroxyl groups is 1. The maximum Gasteiger partial charge on any atom is 0.0931 e. The van der Waals surface area contributed by atoms with Gasteiger partial charge in [0.1, 0.15) is 0 Å². The van der Waals surface area contributed by atoms with Crippen LogP contribution in [-0.2, 0) is 6.42 Å². The molecule has 1 heterocycles. The van der Waals surface area contributed by atoms with Crippen LogP contribution in [-0.4, -0.2) is 24.3 Å². The van der Waals surface area contributed by atoms with Crippen LogP contribution in [0.5, 0.6) is 0 Å². The molecule has 0 aromatic carbocycles. The van der Waals surface area contributed by atoms with Gasteiger partial charge in [-0.1, -0.05) is 18.5 Å². The van der Waals surface area contributed by atoms with Crippen molar-refractivity contribution < 1.29 is 5.11 Å². The van der Waals surface area contributed by atoms with Crippen LogP contribution in [0.3, 0.4) is 0 Å². The van der Waals surface area contributed by atoms with E-state index in [4.69, 9.17) is 11.6 Å². The lowest BCUT2D eigenvalue weighted by Crippen LogP contribution is -2.28. The summed E-state index contributed by atoms with van der Waals surface area (Å²) in [7, 11) is 0. The van der Waals surface area contributed by atoms with Gasteiger partial charge in [0.05, 0.1) is 10.4 Å². The first-order valence-electron chi connectivity index (χ1n) is 4.85. The van der Waals surface area contributed by atoms with Crippen LogP contribution in [0.1, 0.15) is 18.2 Å². The third kappa shape index (κ3) is 4.42. The lowest BCUT2D eigenvalue weighted by atomic mass is 10.2. The van der Waals surface area contributed by atoms with E-state index in [2.05, 4.69) is 12.2 Å². The maximum absolute atomic E-state index is 9.64. The Labute approximate surface area is 93.9 Å². The zero-order valence-electron chi connectivity index (χ0n) is 8.29. The highest BCUT2D eigenvalue weighted by Crippen LogP contribution is 2.22. The normalized spacial score (nSPS) is 13.1. The first-order chi connectivity index (χ1) is 6.72. The van der Waals surface area contributed by atoms with Gasteiger partial charge in [0.15, 0.2) is 0 Å². The molecule has 0 aliphatic heterocycles. The van der Waals surface area contributed by atoms with E-state index >= 15 is 0 Å². The minimum Gasteiger partial charge on any atom is -0.391 e. The number of nitrogens with one attached hydrogen (secondary N) is 1. The fraction of sp³-hybridized carbons (Fsp3) is 0.600. The standard InChI is InChI=1S/C10H16ClNOS/c1-2-5-12-7-8(13)6-9-3-4-10(11)14-9/h3-4,8,12-13H,2,5-7H2,1H3. The molecular formula is C10H16ClNOS. The molecule has 0 aliphatic rings. The topological polar surface area (TPSA) is 32.3 Å². The van der Waals surface area contributed by atoms with Crippen LogP contribution in [0.15, 0.2) is 12.1 Å². The lowest BCUT2D eigenvalue weighted by Gasteiger charge is -2.09. The predicted molar refractivity (Wildman–Crippen MR) is 62.2 cm³/mol. The number of rotatable bonds is 6. The quantitative estimate of drug-likeness (QED) is 0.740. The average Bonchev–Trinajstić information content (AvgIpc) is 2.52. The van der Waals surface area contributed by atoms with Crippen LogP contribution in [0, 0.1) is 0 Å². The molecule has 0 bridgehead atoms. The van der Waals surface area contributed by atoms with Gasteiger partial charge in [-0.05, 0) is 25.1 Å². The van der Waals surface area contributed by atoms with E-state index in [1.807, 2.05) is 12.1 Å². The van der Waals surface area contributed by atoms with E-state index < -0.39 is 0 Å². The van der Waals surface area contributed by atoms with Crippen molar-refractivity contribution >= 4 is 22.9 Å². The van der Waals surface area contributed by atoms with Crippen molar-refractivity contribution in [3.63, 3.8) is 0 Å². The molecule has 0 amide bonds. The van der Waals surface area contributed by atoms with E-state index in [-0.39, 0.29) is 6.10 Å². The molecule has 0 aliphatic carbocycles. The number of halogens is 1. The lowest BCUT2D eigenvalue weighted by molar-refractivity contribution is 0.173. The van der Waals surface area contributed by atoms with Crippen molar-refractivity contribution in [1.82, 2.24) is 5.32 Å². The van der Waals surface area contributed by atoms with Crippen molar-refractivity contribution in [1.29, 1.82) is 0 Å². The Morgan fingerprint density at radius 2 is 2.36 bits per heavy atom. The van der Waals surface area contributed by atoms with Gasteiger partial charge in [-0.3, -0.25) is 0 Å². The van der Waals surface area contributed by atoms with Gasteiger partial charge in [0.2, 0.25) is 0 Å². The molecule has 0 fully saturated rings. The van der Waals surface area contributed by atoms with E-state index in [9.17, 15) is 5.11 Å². The van der Waals surface area contributed by atoms with E-state index in [0.717, 1.165) is 22.2 Å². The highest BCUT2D eigenvalue weighted by molar-refractivity contribution is 7.16. The molecule has 2 nitrogen and oxygen atoms in total. The van der Waals surface area contributed by atoms with Gasteiger partial charge >= 0.3 is 0 Å². The van der Waals surface area contributed by atoms with Gasteiger partial charge in [-0.15, -0.1) is 11.3 Å². The van der Waals surface area contributed by atoms with Crippen LogP contribution < -0.4 is 5.32 Å². The molecule has 1 atom stereocenters. The highest BCUT2D eigenvalue weighted by Gasteiger charge is 2.06. The fourth-order valence-electron chi connectivity index (χ4n) is 1.21. The fourth-order valence-corrected chi connectivity index (χ4v) is 2.37. The van der Waals surface area contributed by atoms with Gasteiger partial charge in [0.25, 0.3) is 0 Å². The van der Waals surface area contributed by atoms with Crippen molar-refractivity contribution in [2.24, 2.45) is 0 Å². The maximum atomic E-state index is 9.64. The van der Waals surface area contributed by atoms with Gasteiger partial charge in [-0.25, -0.2) is 0 Å². The second-order valence-electron chi connectivity index (χ2n) is 3.27. The summed E-state index contributed by atoms with van der Waals surface area (Å²) in [5, 5.41) is 12.8. The van der Waals surface area contributed by atoms with Crippen LogP contribution in [0.4, 0.5) is 0 Å². The predicted octanol–water partition coefficient (Wildman–Crippen LogP) is 2.30. The molecule has 0 spiro atoms. The SMILES string of the molecule is CCCNCC(O)Cc1ccc(Cl)s1. The van der Waals surface area contributed by atoms with Crippen LogP contribution >= 0.6 is 22.9 Å². The summed E-state index contributed by atoms with van der Waals surface area (Å²) in [6.45, 7) is 3.73. The molecule has 1 unspecified atom stereocenters. The summed E-state index contributed by atoms with van der Waals surface area (Å²) in [4.78, 5) is 1.14. The smallest absolute Gasteiger partial charge is 0.0931 e. The Kier molecular flexibility index (Phi) is 5.48. The summed E-state index contributed by atoms with van der Waals surface area (Å²) < 4.78 is 0.786. The molecule has 1 aromatic rings. The average molecular weight is 234 g/mol. The first kappa shape index (κ1) is 12.0. The molecular weight excluding hydrogens is 218 g/mol. The number of hydrogen-bond acceptors (Lipinski definition) is 3. The monoisotopic (exact) mass is 233 g/mol. The Hall–Kier alpha value is -0.0900. The minimum absolute atomic E-state index is 0.309. The van der Waals surface area contributed by atoms with Crippen molar-refractivity contribution in [2.45, 2.75) is 25.9 Å². The summed E-state index contributed by atoms with van der Waals surface area (Å²) >= 11 is 7.32. The Morgan fingerprint density at radius 3 is 2.93 bits per heavy atom. The van der Waals surface area contributed by atoms with Crippen molar-refractivity contribution in [3.05, 3.63) is 21.3 Å². The molecule has 1 aromatic heterocycles. The largest absolute Gasteiger partial charge is 0.391 e. The molecule has 1 rings (SSSR count). The Bertz CT molecular complexity index is 264. The molecule has 0 saturated carbocycles.